The van der Waals surface area contributed by atoms with Gasteiger partial charge in [-0.1, -0.05) is 56.3 Å². The molecule has 2 N–H and O–H groups in total. The second-order valence-corrected chi connectivity index (χ2v) is 7.17. The SMILES string of the molecule is CC(C)CC(=O)N[C@H](c1cccc([N+](=O)[O-])c1)c1c(O)ccc2ccccc12. The Labute approximate surface area is 163 Å². The topological polar surface area (TPSA) is 92.5 Å². The minimum atomic E-state index is -0.711. The van der Waals surface area contributed by atoms with E-state index < -0.39 is 11.0 Å². The van der Waals surface area contributed by atoms with Crippen molar-refractivity contribution in [2.75, 3.05) is 0 Å². The number of non-ortho nitro benzene ring substituents is 1. The zero-order chi connectivity index (χ0) is 20.3. The van der Waals surface area contributed by atoms with Crippen molar-refractivity contribution in [3.63, 3.8) is 0 Å². The molecular formula is C22H22N2O4. The fraction of sp³-hybridized carbons (Fsp3) is 0.227. The summed E-state index contributed by atoms with van der Waals surface area (Å²) in [5.74, 6) is 0.00534. The van der Waals surface area contributed by atoms with Crippen LogP contribution in [0.15, 0.2) is 60.7 Å². The van der Waals surface area contributed by atoms with Crippen molar-refractivity contribution in [2.24, 2.45) is 5.92 Å². The largest absolute Gasteiger partial charge is 0.508 e. The lowest BCUT2D eigenvalue weighted by Gasteiger charge is -2.23. The Morgan fingerprint density at radius 3 is 2.57 bits per heavy atom. The van der Waals surface area contributed by atoms with E-state index in [-0.39, 0.29) is 23.3 Å². The summed E-state index contributed by atoms with van der Waals surface area (Å²) in [7, 11) is 0. The molecule has 0 saturated heterocycles. The van der Waals surface area contributed by atoms with Gasteiger partial charge >= 0.3 is 0 Å². The smallest absolute Gasteiger partial charge is 0.269 e. The van der Waals surface area contributed by atoms with Gasteiger partial charge in [-0.25, -0.2) is 0 Å². The van der Waals surface area contributed by atoms with Crippen LogP contribution in [0.25, 0.3) is 10.8 Å². The van der Waals surface area contributed by atoms with Crippen molar-refractivity contribution in [3.05, 3.63) is 81.9 Å². The van der Waals surface area contributed by atoms with E-state index in [9.17, 15) is 20.0 Å². The number of benzene rings is 3. The fourth-order valence-corrected chi connectivity index (χ4v) is 3.32. The normalized spacial score (nSPS) is 12.1. The first-order chi connectivity index (χ1) is 13.4. The molecule has 0 spiro atoms. The molecule has 1 atom stereocenters. The third kappa shape index (κ3) is 4.11. The Morgan fingerprint density at radius 1 is 1.11 bits per heavy atom. The first-order valence-corrected chi connectivity index (χ1v) is 9.11. The van der Waals surface area contributed by atoms with Crippen LogP contribution >= 0.6 is 0 Å². The molecule has 1 amide bonds. The van der Waals surface area contributed by atoms with E-state index in [1.165, 1.54) is 12.1 Å². The minimum absolute atomic E-state index is 0.0278. The van der Waals surface area contributed by atoms with E-state index in [1.54, 1.807) is 24.3 Å². The molecule has 0 aliphatic heterocycles. The molecule has 0 aromatic heterocycles. The van der Waals surface area contributed by atoms with E-state index in [2.05, 4.69) is 5.32 Å². The summed E-state index contributed by atoms with van der Waals surface area (Å²) in [5, 5.41) is 26.5. The van der Waals surface area contributed by atoms with Gasteiger partial charge < -0.3 is 10.4 Å². The number of phenolic OH excluding ortho intramolecular Hbond substituents is 1. The first-order valence-electron chi connectivity index (χ1n) is 9.11. The lowest BCUT2D eigenvalue weighted by Crippen LogP contribution is -2.30. The van der Waals surface area contributed by atoms with Crippen LogP contribution in [-0.2, 0) is 4.79 Å². The summed E-state index contributed by atoms with van der Waals surface area (Å²) in [6.45, 7) is 3.88. The third-order valence-electron chi connectivity index (χ3n) is 4.55. The van der Waals surface area contributed by atoms with E-state index in [4.69, 9.17) is 0 Å². The number of phenols is 1. The van der Waals surface area contributed by atoms with Gasteiger partial charge in [-0.15, -0.1) is 0 Å². The maximum absolute atomic E-state index is 12.6. The minimum Gasteiger partial charge on any atom is -0.508 e. The summed E-state index contributed by atoms with van der Waals surface area (Å²) >= 11 is 0. The number of hydrogen-bond donors (Lipinski definition) is 2. The van der Waals surface area contributed by atoms with Crippen molar-refractivity contribution in [3.8, 4) is 5.75 Å². The monoisotopic (exact) mass is 378 g/mol. The summed E-state index contributed by atoms with van der Waals surface area (Å²) in [4.78, 5) is 23.3. The van der Waals surface area contributed by atoms with Gasteiger partial charge in [-0.3, -0.25) is 14.9 Å². The molecule has 0 fully saturated rings. The molecule has 6 heteroatoms. The Kier molecular flexibility index (Phi) is 5.59. The van der Waals surface area contributed by atoms with Crippen LogP contribution < -0.4 is 5.32 Å². The average Bonchev–Trinajstić information content (AvgIpc) is 2.66. The number of hydrogen-bond acceptors (Lipinski definition) is 4. The van der Waals surface area contributed by atoms with Gasteiger partial charge in [0.15, 0.2) is 0 Å². The maximum atomic E-state index is 12.6. The van der Waals surface area contributed by atoms with E-state index >= 15 is 0 Å². The van der Waals surface area contributed by atoms with Crippen molar-refractivity contribution < 1.29 is 14.8 Å². The zero-order valence-electron chi connectivity index (χ0n) is 15.8. The van der Waals surface area contributed by atoms with Gasteiger partial charge in [0.2, 0.25) is 5.91 Å². The Hall–Kier alpha value is -3.41. The molecule has 0 aliphatic carbocycles. The van der Waals surface area contributed by atoms with Crippen LogP contribution in [0.3, 0.4) is 0 Å². The molecule has 3 aromatic carbocycles. The number of nitro benzene ring substituents is 1. The molecule has 0 unspecified atom stereocenters. The van der Waals surface area contributed by atoms with Crippen molar-refractivity contribution >= 4 is 22.4 Å². The highest BCUT2D eigenvalue weighted by Gasteiger charge is 2.24. The molecular weight excluding hydrogens is 356 g/mol. The number of nitrogens with zero attached hydrogens (tertiary/aromatic N) is 1. The number of nitrogens with one attached hydrogen (secondary N) is 1. The zero-order valence-corrected chi connectivity index (χ0v) is 15.8. The number of carbonyl (C=O) groups excluding carboxylic acids is 1. The highest BCUT2D eigenvalue weighted by Crippen LogP contribution is 2.36. The number of rotatable bonds is 6. The molecule has 0 radical (unpaired) electrons. The van der Waals surface area contributed by atoms with E-state index in [0.29, 0.717) is 17.5 Å². The Balaban J connectivity index is 2.17. The number of fused-ring (bicyclic) bond motifs is 1. The molecule has 0 heterocycles. The van der Waals surface area contributed by atoms with E-state index in [1.807, 2.05) is 38.1 Å². The van der Waals surface area contributed by atoms with Crippen LogP contribution in [0.4, 0.5) is 5.69 Å². The van der Waals surface area contributed by atoms with Gasteiger partial charge in [0.1, 0.15) is 5.75 Å². The van der Waals surface area contributed by atoms with Crippen LogP contribution in [0.5, 0.6) is 5.75 Å². The summed E-state index contributed by atoms with van der Waals surface area (Å²) in [6, 6.07) is 16.3. The first kappa shape index (κ1) is 19.4. The predicted molar refractivity (Wildman–Crippen MR) is 108 cm³/mol. The van der Waals surface area contributed by atoms with Crippen molar-refractivity contribution in [2.45, 2.75) is 26.3 Å². The maximum Gasteiger partial charge on any atom is 0.269 e. The average molecular weight is 378 g/mol. The second kappa shape index (κ2) is 8.08. The predicted octanol–water partition coefficient (Wildman–Crippen LogP) is 4.71. The van der Waals surface area contributed by atoms with Gasteiger partial charge in [0.25, 0.3) is 5.69 Å². The Bertz CT molecular complexity index is 1030. The molecule has 6 nitrogen and oxygen atoms in total. The standard InChI is InChI=1S/C22H22N2O4/c1-14(2)12-20(26)23-22(16-7-5-8-17(13-16)24(27)28)21-18-9-4-3-6-15(18)10-11-19(21)25/h3-11,13-14,22,25H,12H2,1-2H3,(H,23,26)/t22-/m1/s1. The van der Waals surface area contributed by atoms with Gasteiger partial charge in [0.05, 0.1) is 11.0 Å². The lowest BCUT2D eigenvalue weighted by atomic mass is 9.92. The third-order valence-corrected chi connectivity index (χ3v) is 4.55. The fourth-order valence-electron chi connectivity index (χ4n) is 3.32. The molecule has 0 aliphatic rings. The molecule has 0 saturated carbocycles. The van der Waals surface area contributed by atoms with Crippen LogP contribution in [0.2, 0.25) is 0 Å². The lowest BCUT2D eigenvalue weighted by molar-refractivity contribution is -0.384. The number of nitro groups is 1. The summed E-state index contributed by atoms with van der Waals surface area (Å²) < 4.78 is 0. The highest BCUT2D eigenvalue weighted by atomic mass is 16.6. The van der Waals surface area contributed by atoms with Gasteiger partial charge in [-0.2, -0.15) is 0 Å². The molecule has 144 valence electrons. The molecule has 3 rings (SSSR count). The van der Waals surface area contributed by atoms with Crippen molar-refractivity contribution in [1.29, 1.82) is 0 Å². The number of aromatic hydroxyl groups is 1. The number of carbonyl (C=O) groups is 1. The van der Waals surface area contributed by atoms with Crippen LogP contribution in [-0.4, -0.2) is 15.9 Å². The summed E-state index contributed by atoms with van der Waals surface area (Å²) in [5.41, 5.74) is 0.994. The second-order valence-electron chi connectivity index (χ2n) is 7.17. The quantitative estimate of drug-likeness (QED) is 0.480. The van der Waals surface area contributed by atoms with Crippen molar-refractivity contribution in [1.82, 2.24) is 5.32 Å². The molecule has 3 aromatic rings. The van der Waals surface area contributed by atoms with Crippen LogP contribution in [0, 0.1) is 16.0 Å². The Morgan fingerprint density at radius 2 is 1.86 bits per heavy atom. The number of amides is 1. The highest BCUT2D eigenvalue weighted by molar-refractivity contribution is 5.89. The van der Waals surface area contributed by atoms with Gasteiger partial charge in [-0.05, 0) is 28.3 Å². The molecule has 0 bridgehead atoms. The summed E-state index contributed by atoms with van der Waals surface area (Å²) in [6.07, 6.45) is 0.316. The van der Waals surface area contributed by atoms with E-state index in [0.717, 1.165) is 10.8 Å². The molecule has 28 heavy (non-hydrogen) atoms. The van der Waals surface area contributed by atoms with Gasteiger partial charge in [0, 0.05) is 24.1 Å². The van der Waals surface area contributed by atoms with Crippen LogP contribution in [0.1, 0.15) is 37.4 Å².